The highest BCUT2D eigenvalue weighted by atomic mass is 16.5. The zero-order valence-electron chi connectivity index (χ0n) is 13.6. The van der Waals surface area contributed by atoms with E-state index in [0.717, 1.165) is 11.3 Å². The lowest BCUT2D eigenvalue weighted by Gasteiger charge is -2.07. The van der Waals surface area contributed by atoms with Crippen LogP contribution in [0.3, 0.4) is 0 Å². The van der Waals surface area contributed by atoms with Crippen LogP contribution in [0.15, 0.2) is 53.3 Å². The van der Waals surface area contributed by atoms with E-state index in [1.807, 2.05) is 42.5 Å². The second-order valence-corrected chi connectivity index (χ2v) is 5.24. The van der Waals surface area contributed by atoms with Gasteiger partial charge >= 0.3 is 0 Å². The highest BCUT2D eigenvalue weighted by Crippen LogP contribution is 2.27. The number of benzene rings is 2. The van der Waals surface area contributed by atoms with Gasteiger partial charge in [0.15, 0.2) is 11.5 Å². The number of ether oxygens (including phenoxy) is 2. The van der Waals surface area contributed by atoms with Crippen LogP contribution in [0.2, 0.25) is 0 Å². The Balaban J connectivity index is 2.14. The molecule has 1 heterocycles. The van der Waals surface area contributed by atoms with Crippen molar-refractivity contribution in [2.24, 2.45) is 0 Å². The van der Waals surface area contributed by atoms with E-state index in [1.165, 1.54) is 4.68 Å². The van der Waals surface area contributed by atoms with Gasteiger partial charge in [0.25, 0.3) is 5.56 Å². The smallest absolute Gasteiger partial charge is 0.279 e. The molecule has 1 N–H and O–H groups in total. The van der Waals surface area contributed by atoms with Crippen molar-refractivity contribution in [3.8, 4) is 17.2 Å². The summed E-state index contributed by atoms with van der Waals surface area (Å²) in [7, 11) is 3.16. The average Bonchev–Trinajstić information content (AvgIpc) is 2.90. The molecule has 122 valence electrons. The van der Waals surface area contributed by atoms with Gasteiger partial charge in [-0.25, -0.2) is 4.68 Å². The van der Waals surface area contributed by atoms with Crippen LogP contribution in [0.25, 0.3) is 18.3 Å². The fourth-order valence-electron chi connectivity index (χ4n) is 2.51. The van der Waals surface area contributed by atoms with E-state index in [4.69, 9.17) is 9.47 Å². The Morgan fingerprint density at radius 1 is 1.04 bits per heavy atom. The molecule has 0 spiro atoms. The van der Waals surface area contributed by atoms with E-state index < -0.39 is 0 Å². The Labute approximate surface area is 139 Å². The minimum Gasteiger partial charge on any atom is -0.493 e. The fraction of sp³-hybridized carbons (Fsp3) is 0.105. The normalized spacial score (nSPS) is 11.5. The van der Waals surface area contributed by atoms with Gasteiger partial charge in [0.05, 0.1) is 30.5 Å². The molecule has 0 amide bonds. The molecule has 0 saturated heterocycles. The SMILES string of the molecule is C=c1[nH]n(-c2ccccc2)c(=O)/c1=C\c1ccc(OC)c(OC)c1. The molecule has 5 heteroatoms. The van der Waals surface area contributed by atoms with Gasteiger partial charge in [-0.15, -0.1) is 0 Å². The monoisotopic (exact) mass is 322 g/mol. The van der Waals surface area contributed by atoms with Crippen molar-refractivity contribution in [2.45, 2.75) is 0 Å². The van der Waals surface area contributed by atoms with E-state index >= 15 is 0 Å². The standard InChI is InChI=1S/C19H18N2O3/c1-13-16(11-14-9-10-17(23-2)18(12-14)24-3)19(22)21(20-13)15-7-5-4-6-8-15/h4-12,20H,1H2,2-3H3/b16-11-. The summed E-state index contributed by atoms with van der Waals surface area (Å²) in [5.74, 6) is 1.25. The van der Waals surface area contributed by atoms with E-state index in [0.29, 0.717) is 22.1 Å². The van der Waals surface area contributed by atoms with Gasteiger partial charge in [-0.3, -0.25) is 9.89 Å². The average molecular weight is 322 g/mol. The number of methoxy groups -OCH3 is 2. The van der Waals surface area contributed by atoms with Crippen LogP contribution >= 0.6 is 0 Å². The van der Waals surface area contributed by atoms with Crippen LogP contribution in [0, 0.1) is 0 Å². The summed E-state index contributed by atoms with van der Waals surface area (Å²) in [4.78, 5) is 12.7. The van der Waals surface area contributed by atoms with Crippen molar-refractivity contribution in [3.05, 3.63) is 75.0 Å². The number of nitrogens with zero attached hydrogens (tertiary/aromatic N) is 1. The topological polar surface area (TPSA) is 56.2 Å². The minimum atomic E-state index is -0.152. The summed E-state index contributed by atoms with van der Waals surface area (Å²) in [5.41, 5.74) is 1.44. The second kappa shape index (κ2) is 6.50. The molecule has 1 aromatic heterocycles. The predicted molar refractivity (Wildman–Crippen MR) is 94.3 cm³/mol. The second-order valence-electron chi connectivity index (χ2n) is 5.24. The van der Waals surface area contributed by atoms with Gasteiger partial charge in [-0.1, -0.05) is 30.8 Å². The number of hydrogen-bond donors (Lipinski definition) is 1. The summed E-state index contributed by atoms with van der Waals surface area (Å²) < 4.78 is 12.0. The Morgan fingerprint density at radius 2 is 1.75 bits per heavy atom. The van der Waals surface area contributed by atoms with Gasteiger partial charge in [0.2, 0.25) is 0 Å². The van der Waals surface area contributed by atoms with Crippen molar-refractivity contribution in [1.29, 1.82) is 0 Å². The van der Waals surface area contributed by atoms with Gasteiger partial charge in [-0.05, 0) is 35.9 Å². The molecule has 0 aliphatic carbocycles. The van der Waals surface area contributed by atoms with Crippen molar-refractivity contribution >= 4 is 12.7 Å². The van der Waals surface area contributed by atoms with Crippen molar-refractivity contribution in [2.75, 3.05) is 14.2 Å². The van der Waals surface area contributed by atoms with Crippen LogP contribution in [-0.2, 0) is 0 Å². The zero-order chi connectivity index (χ0) is 17.1. The number of aromatic nitrogens is 2. The lowest BCUT2D eigenvalue weighted by Crippen LogP contribution is -2.33. The van der Waals surface area contributed by atoms with E-state index in [2.05, 4.69) is 11.7 Å². The first-order valence-electron chi connectivity index (χ1n) is 7.43. The van der Waals surface area contributed by atoms with Crippen LogP contribution in [0.4, 0.5) is 0 Å². The van der Waals surface area contributed by atoms with Crippen LogP contribution in [0.1, 0.15) is 5.56 Å². The highest BCUT2D eigenvalue weighted by Gasteiger charge is 2.06. The molecule has 0 aliphatic heterocycles. The Kier molecular flexibility index (Phi) is 4.24. The molecule has 5 nitrogen and oxygen atoms in total. The number of para-hydroxylation sites is 1. The third-order valence-electron chi connectivity index (χ3n) is 3.74. The quantitative estimate of drug-likeness (QED) is 0.790. The zero-order valence-corrected chi connectivity index (χ0v) is 13.6. The molecule has 0 radical (unpaired) electrons. The molecule has 2 aromatic carbocycles. The summed E-state index contributed by atoms with van der Waals surface area (Å²) >= 11 is 0. The fourth-order valence-corrected chi connectivity index (χ4v) is 2.51. The van der Waals surface area contributed by atoms with Crippen molar-refractivity contribution < 1.29 is 9.47 Å². The maximum Gasteiger partial charge on any atom is 0.279 e. The predicted octanol–water partition coefficient (Wildman–Crippen LogP) is 1.42. The van der Waals surface area contributed by atoms with Crippen LogP contribution in [0.5, 0.6) is 11.5 Å². The lowest BCUT2D eigenvalue weighted by atomic mass is 10.1. The summed E-state index contributed by atoms with van der Waals surface area (Å²) in [5, 5.41) is 4.07. The number of nitrogens with one attached hydrogen (secondary N) is 1. The van der Waals surface area contributed by atoms with E-state index in [1.54, 1.807) is 26.4 Å². The van der Waals surface area contributed by atoms with Crippen LogP contribution in [-0.4, -0.2) is 24.0 Å². The molecule has 0 fully saturated rings. The van der Waals surface area contributed by atoms with E-state index in [-0.39, 0.29) is 5.56 Å². The highest BCUT2D eigenvalue weighted by molar-refractivity contribution is 5.56. The van der Waals surface area contributed by atoms with Crippen LogP contribution < -0.4 is 25.6 Å². The molecular weight excluding hydrogens is 304 g/mol. The molecular formula is C19H18N2O3. The summed E-state index contributed by atoms with van der Waals surface area (Å²) in [6.45, 7) is 3.94. The van der Waals surface area contributed by atoms with E-state index in [9.17, 15) is 4.79 Å². The van der Waals surface area contributed by atoms with Crippen molar-refractivity contribution in [3.63, 3.8) is 0 Å². The third-order valence-corrected chi connectivity index (χ3v) is 3.74. The van der Waals surface area contributed by atoms with Crippen molar-refractivity contribution in [1.82, 2.24) is 9.78 Å². The molecule has 0 atom stereocenters. The third kappa shape index (κ3) is 2.84. The molecule has 0 saturated carbocycles. The molecule has 3 rings (SSSR count). The first-order valence-corrected chi connectivity index (χ1v) is 7.43. The molecule has 0 bridgehead atoms. The maximum atomic E-state index is 12.7. The Morgan fingerprint density at radius 3 is 2.42 bits per heavy atom. The first kappa shape index (κ1) is 15.7. The lowest BCUT2D eigenvalue weighted by molar-refractivity contribution is 0.355. The Bertz CT molecular complexity index is 1020. The summed E-state index contributed by atoms with van der Waals surface area (Å²) in [6.07, 6.45) is 1.78. The summed E-state index contributed by atoms with van der Waals surface area (Å²) in [6, 6.07) is 14.9. The largest absolute Gasteiger partial charge is 0.493 e. The number of aromatic amines is 1. The maximum absolute atomic E-state index is 12.7. The van der Waals surface area contributed by atoms with Gasteiger partial charge in [-0.2, -0.15) is 0 Å². The molecule has 0 aliphatic rings. The van der Waals surface area contributed by atoms with Gasteiger partial charge in [0.1, 0.15) is 0 Å². The first-order chi connectivity index (χ1) is 11.6. The molecule has 24 heavy (non-hydrogen) atoms. The van der Waals surface area contributed by atoms with Gasteiger partial charge in [0, 0.05) is 0 Å². The Hall–Kier alpha value is -3.21. The number of H-pyrrole nitrogens is 1. The molecule has 3 aromatic rings. The molecule has 0 unspecified atom stereocenters. The number of rotatable bonds is 4. The minimum absolute atomic E-state index is 0.152. The number of hydrogen-bond acceptors (Lipinski definition) is 3. The van der Waals surface area contributed by atoms with Gasteiger partial charge < -0.3 is 9.47 Å².